The lowest BCUT2D eigenvalue weighted by atomic mass is 10.1. The van der Waals surface area contributed by atoms with Gasteiger partial charge in [0.15, 0.2) is 0 Å². The summed E-state index contributed by atoms with van der Waals surface area (Å²) >= 11 is 0. The summed E-state index contributed by atoms with van der Waals surface area (Å²) in [5.74, 6) is -0.221. The first-order chi connectivity index (χ1) is 12.0. The second-order valence-electron chi connectivity index (χ2n) is 6.26. The lowest BCUT2D eigenvalue weighted by Gasteiger charge is -2.11. The molecule has 0 aliphatic rings. The molecule has 5 heteroatoms. The summed E-state index contributed by atoms with van der Waals surface area (Å²) in [4.78, 5) is 25.8. The van der Waals surface area contributed by atoms with Gasteiger partial charge >= 0.3 is 0 Å². The van der Waals surface area contributed by atoms with Crippen molar-refractivity contribution in [1.82, 2.24) is 4.90 Å². The van der Waals surface area contributed by atoms with E-state index in [4.69, 9.17) is 0 Å². The van der Waals surface area contributed by atoms with Crippen molar-refractivity contribution >= 4 is 23.2 Å². The van der Waals surface area contributed by atoms with E-state index in [0.29, 0.717) is 23.5 Å². The first kappa shape index (κ1) is 18.7. The van der Waals surface area contributed by atoms with Crippen molar-refractivity contribution in [3.8, 4) is 0 Å². The van der Waals surface area contributed by atoms with E-state index in [1.165, 1.54) is 5.56 Å². The molecule has 5 nitrogen and oxygen atoms in total. The van der Waals surface area contributed by atoms with Crippen LogP contribution in [0.1, 0.15) is 29.3 Å². The molecule has 0 unspecified atom stereocenters. The predicted molar refractivity (Wildman–Crippen MR) is 102 cm³/mol. The van der Waals surface area contributed by atoms with E-state index in [1.54, 1.807) is 29.2 Å². The van der Waals surface area contributed by atoms with Crippen LogP contribution in [0.5, 0.6) is 0 Å². The van der Waals surface area contributed by atoms with Gasteiger partial charge in [-0.15, -0.1) is 0 Å². The van der Waals surface area contributed by atoms with Gasteiger partial charge in [-0.3, -0.25) is 9.59 Å². The minimum atomic E-state index is -0.146. The zero-order chi connectivity index (χ0) is 18.2. The average Bonchev–Trinajstić information content (AvgIpc) is 2.57. The number of amides is 2. The largest absolute Gasteiger partial charge is 0.325 e. The maximum Gasteiger partial charge on any atom is 0.255 e. The topological polar surface area (TPSA) is 61.4 Å². The summed E-state index contributed by atoms with van der Waals surface area (Å²) in [5, 5.41) is 5.67. The second kappa shape index (κ2) is 8.99. The van der Waals surface area contributed by atoms with Crippen LogP contribution < -0.4 is 10.6 Å². The quantitative estimate of drug-likeness (QED) is 0.813. The summed E-state index contributed by atoms with van der Waals surface area (Å²) in [6.45, 7) is 2.46. The number of likely N-dealkylation sites (N-methyl/N-ethyl adjacent to an activating group) is 1. The highest BCUT2D eigenvalue weighted by Gasteiger charge is 2.07. The smallest absolute Gasteiger partial charge is 0.255 e. The Hall–Kier alpha value is -2.66. The molecule has 2 aromatic rings. The molecule has 132 valence electrons. The summed E-state index contributed by atoms with van der Waals surface area (Å²) in [7, 11) is 3.68. The Morgan fingerprint density at radius 1 is 0.880 bits per heavy atom. The van der Waals surface area contributed by atoms with Crippen molar-refractivity contribution in [3.63, 3.8) is 0 Å². The molecule has 0 radical (unpaired) electrons. The monoisotopic (exact) mass is 339 g/mol. The number of hydrogen-bond donors (Lipinski definition) is 2. The lowest BCUT2D eigenvalue weighted by Crippen LogP contribution is -2.27. The zero-order valence-corrected chi connectivity index (χ0v) is 15.0. The van der Waals surface area contributed by atoms with Crippen LogP contribution in [0.2, 0.25) is 0 Å². The van der Waals surface area contributed by atoms with Gasteiger partial charge in [0.2, 0.25) is 5.91 Å². The van der Waals surface area contributed by atoms with Gasteiger partial charge in [-0.1, -0.05) is 25.5 Å². The van der Waals surface area contributed by atoms with Crippen molar-refractivity contribution in [3.05, 3.63) is 59.7 Å². The van der Waals surface area contributed by atoms with Crippen LogP contribution in [0, 0.1) is 0 Å². The number of anilines is 2. The molecule has 0 bridgehead atoms. The van der Waals surface area contributed by atoms with Crippen LogP contribution in [0.4, 0.5) is 11.4 Å². The fourth-order valence-electron chi connectivity index (χ4n) is 2.44. The molecule has 0 spiro atoms. The molecule has 0 atom stereocenters. The van der Waals surface area contributed by atoms with Gasteiger partial charge in [0.05, 0.1) is 6.54 Å². The van der Waals surface area contributed by atoms with Crippen LogP contribution in [0.15, 0.2) is 48.5 Å². The van der Waals surface area contributed by atoms with Crippen molar-refractivity contribution in [2.45, 2.75) is 19.8 Å². The van der Waals surface area contributed by atoms with E-state index in [0.717, 1.165) is 12.8 Å². The Labute approximate surface area is 149 Å². The number of hydrogen-bond acceptors (Lipinski definition) is 3. The van der Waals surface area contributed by atoms with Crippen molar-refractivity contribution < 1.29 is 9.59 Å². The normalized spacial score (nSPS) is 10.6. The van der Waals surface area contributed by atoms with Gasteiger partial charge in [-0.2, -0.15) is 0 Å². The highest BCUT2D eigenvalue weighted by atomic mass is 16.2. The molecule has 0 fully saturated rings. The summed E-state index contributed by atoms with van der Waals surface area (Å²) in [6.07, 6.45) is 2.10. The van der Waals surface area contributed by atoms with E-state index < -0.39 is 0 Å². The zero-order valence-electron chi connectivity index (χ0n) is 15.0. The molecule has 2 N–H and O–H groups in total. The van der Waals surface area contributed by atoms with E-state index >= 15 is 0 Å². The Morgan fingerprint density at radius 2 is 1.44 bits per heavy atom. The number of carbonyl (C=O) groups excluding carboxylic acids is 2. The van der Waals surface area contributed by atoms with Gasteiger partial charge in [0.25, 0.3) is 5.91 Å². The standard InChI is InChI=1S/C20H25N3O2/c1-4-5-15-6-8-16(9-7-15)20(25)22-18-12-10-17(11-13-18)21-19(24)14-23(2)3/h6-13H,4-5,14H2,1-3H3,(H,21,24)(H,22,25). The third-order valence-electron chi connectivity index (χ3n) is 3.64. The SMILES string of the molecule is CCCc1ccc(C(=O)Nc2ccc(NC(=O)CN(C)C)cc2)cc1. The van der Waals surface area contributed by atoms with Crippen LogP contribution in [-0.4, -0.2) is 37.4 Å². The molecular weight excluding hydrogens is 314 g/mol. The molecule has 0 aliphatic heterocycles. The van der Waals surface area contributed by atoms with Crippen molar-refractivity contribution in [1.29, 1.82) is 0 Å². The maximum absolute atomic E-state index is 12.3. The first-order valence-electron chi connectivity index (χ1n) is 8.43. The van der Waals surface area contributed by atoms with Crippen LogP contribution >= 0.6 is 0 Å². The highest BCUT2D eigenvalue weighted by Crippen LogP contribution is 2.15. The second-order valence-corrected chi connectivity index (χ2v) is 6.26. The van der Waals surface area contributed by atoms with Gasteiger partial charge in [0, 0.05) is 16.9 Å². The number of benzene rings is 2. The van der Waals surface area contributed by atoms with Crippen molar-refractivity contribution in [2.75, 3.05) is 31.3 Å². The molecule has 0 aliphatic carbocycles. The third-order valence-corrected chi connectivity index (χ3v) is 3.64. The van der Waals surface area contributed by atoms with E-state index in [9.17, 15) is 9.59 Å². The van der Waals surface area contributed by atoms with Gasteiger partial charge in [-0.25, -0.2) is 0 Å². The van der Waals surface area contributed by atoms with Crippen LogP contribution in [0.25, 0.3) is 0 Å². The minimum Gasteiger partial charge on any atom is -0.325 e. The molecule has 2 amide bonds. The van der Waals surface area contributed by atoms with E-state index in [2.05, 4.69) is 17.6 Å². The molecule has 0 saturated heterocycles. The van der Waals surface area contributed by atoms with Crippen molar-refractivity contribution in [2.24, 2.45) is 0 Å². The molecule has 0 heterocycles. The van der Waals surface area contributed by atoms with E-state index in [1.807, 2.05) is 38.4 Å². The van der Waals surface area contributed by atoms with Gasteiger partial charge < -0.3 is 15.5 Å². The minimum absolute atomic E-state index is 0.0750. The highest BCUT2D eigenvalue weighted by molar-refractivity contribution is 6.04. The summed E-state index contributed by atoms with van der Waals surface area (Å²) < 4.78 is 0. The summed E-state index contributed by atoms with van der Waals surface area (Å²) in [6, 6.07) is 14.8. The number of nitrogens with zero attached hydrogens (tertiary/aromatic N) is 1. The lowest BCUT2D eigenvalue weighted by molar-refractivity contribution is -0.116. The third kappa shape index (κ3) is 6.04. The summed E-state index contributed by atoms with van der Waals surface area (Å²) in [5.41, 5.74) is 3.25. The van der Waals surface area contributed by atoms with Crippen LogP contribution in [-0.2, 0) is 11.2 Å². The number of nitrogens with one attached hydrogen (secondary N) is 2. The molecule has 2 aromatic carbocycles. The molecular formula is C20H25N3O2. The van der Waals surface area contributed by atoms with Gasteiger partial charge in [-0.05, 0) is 62.5 Å². The van der Waals surface area contributed by atoms with Gasteiger partial charge in [0.1, 0.15) is 0 Å². The fraction of sp³-hybridized carbons (Fsp3) is 0.300. The predicted octanol–water partition coefficient (Wildman–Crippen LogP) is 3.39. The Bertz CT molecular complexity index is 707. The number of rotatable bonds is 7. The molecule has 25 heavy (non-hydrogen) atoms. The molecule has 0 aromatic heterocycles. The van der Waals surface area contributed by atoms with E-state index in [-0.39, 0.29) is 11.8 Å². The first-order valence-corrected chi connectivity index (χ1v) is 8.43. The Kier molecular flexibility index (Phi) is 6.71. The maximum atomic E-state index is 12.3. The fourth-order valence-corrected chi connectivity index (χ4v) is 2.44. The van der Waals surface area contributed by atoms with Crippen LogP contribution in [0.3, 0.4) is 0 Å². The Morgan fingerprint density at radius 3 is 1.96 bits per heavy atom. The number of aryl methyl sites for hydroxylation is 1. The average molecular weight is 339 g/mol. The Balaban J connectivity index is 1.93. The molecule has 0 saturated carbocycles. The number of carbonyl (C=O) groups is 2. The molecule has 2 rings (SSSR count).